The molecule has 23 heavy (non-hydrogen) atoms. The van der Waals surface area contributed by atoms with Crippen LogP contribution >= 0.6 is 0 Å². The van der Waals surface area contributed by atoms with Crippen molar-refractivity contribution in [3.63, 3.8) is 0 Å². The van der Waals surface area contributed by atoms with Gasteiger partial charge in [-0.05, 0) is 44.4 Å². The highest BCUT2D eigenvalue weighted by molar-refractivity contribution is 5.97. The molecule has 0 spiro atoms. The Morgan fingerprint density at radius 1 is 1.13 bits per heavy atom. The minimum Gasteiger partial charge on any atom is -0.444 e. The number of hydrogen-bond donors (Lipinski definition) is 0. The van der Waals surface area contributed by atoms with Crippen molar-refractivity contribution >= 4 is 17.7 Å². The van der Waals surface area contributed by atoms with Crippen LogP contribution in [0.4, 0.5) is 10.5 Å². The maximum Gasteiger partial charge on any atom is 0.410 e. The van der Waals surface area contributed by atoms with E-state index in [1.807, 2.05) is 45.0 Å². The molecule has 0 bridgehead atoms. The van der Waals surface area contributed by atoms with Gasteiger partial charge in [0.05, 0.1) is 0 Å². The molecule has 2 rings (SSSR count). The molecule has 1 fully saturated rings. The molecule has 1 heterocycles. The summed E-state index contributed by atoms with van der Waals surface area (Å²) in [5, 5.41) is 0. The van der Waals surface area contributed by atoms with Gasteiger partial charge in [0.1, 0.15) is 12.1 Å². The van der Waals surface area contributed by atoms with E-state index in [4.69, 9.17) is 4.74 Å². The summed E-state index contributed by atoms with van der Waals surface area (Å²) < 4.78 is 5.32. The highest BCUT2D eigenvalue weighted by Crippen LogP contribution is 2.22. The molecule has 0 aliphatic carbocycles. The molecule has 5 nitrogen and oxygen atoms in total. The number of carbonyl (C=O) groups excluding carboxylic acids is 2. The first kappa shape index (κ1) is 17.3. The van der Waals surface area contributed by atoms with Gasteiger partial charge in [0.2, 0.25) is 5.91 Å². The number of carbonyl (C=O) groups is 2. The van der Waals surface area contributed by atoms with E-state index in [1.165, 1.54) is 10.5 Å². The smallest absolute Gasteiger partial charge is 0.410 e. The largest absolute Gasteiger partial charge is 0.444 e. The van der Waals surface area contributed by atoms with Crippen molar-refractivity contribution in [2.75, 3.05) is 24.5 Å². The molecule has 126 valence electrons. The number of rotatable bonds is 2. The summed E-state index contributed by atoms with van der Waals surface area (Å²) in [5.41, 5.74) is 1.57. The minimum absolute atomic E-state index is 0.0564. The molecule has 0 aromatic heterocycles. The van der Waals surface area contributed by atoms with Crippen molar-refractivity contribution in [2.24, 2.45) is 0 Å². The Kier molecular flexibility index (Phi) is 4.97. The van der Waals surface area contributed by atoms with Crippen LogP contribution in [0.2, 0.25) is 0 Å². The van der Waals surface area contributed by atoms with E-state index in [-0.39, 0.29) is 12.5 Å². The van der Waals surface area contributed by atoms with E-state index < -0.39 is 11.7 Å². The van der Waals surface area contributed by atoms with Crippen molar-refractivity contribution in [2.45, 2.75) is 46.1 Å². The Morgan fingerprint density at radius 2 is 1.74 bits per heavy atom. The lowest BCUT2D eigenvalue weighted by molar-refractivity contribution is -0.121. The maximum absolute atomic E-state index is 12.4. The van der Waals surface area contributed by atoms with Crippen LogP contribution in [0.5, 0.6) is 0 Å². The Morgan fingerprint density at radius 3 is 2.22 bits per heavy atom. The fraction of sp³-hybridized carbons (Fsp3) is 0.556. The van der Waals surface area contributed by atoms with Gasteiger partial charge >= 0.3 is 6.09 Å². The van der Waals surface area contributed by atoms with Gasteiger partial charge in [-0.25, -0.2) is 4.79 Å². The van der Waals surface area contributed by atoms with Gasteiger partial charge in [-0.1, -0.05) is 26.0 Å². The van der Waals surface area contributed by atoms with Crippen LogP contribution in [0.25, 0.3) is 0 Å². The number of nitrogens with zero attached hydrogens (tertiary/aromatic N) is 2. The van der Waals surface area contributed by atoms with Crippen LogP contribution in [0.15, 0.2) is 24.3 Å². The molecular weight excluding hydrogens is 292 g/mol. The highest BCUT2D eigenvalue weighted by atomic mass is 16.6. The van der Waals surface area contributed by atoms with Crippen molar-refractivity contribution in [1.29, 1.82) is 0 Å². The summed E-state index contributed by atoms with van der Waals surface area (Å²) in [4.78, 5) is 27.6. The standard InChI is InChI=1S/C18H26N2O3/c1-13(2)14-6-8-15(9-7-14)20-11-10-19(12-16(20)21)17(22)23-18(3,4)5/h6-9,13H,10-12H2,1-5H3. The monoisotopic (exact) mass is 318 g/mol. The molecule has 1 aliphatic rings. The van der Waals surface area contributed by atoms with Crippen LogP contribution in [-0.4, -0.2) is 42.1 Å². The Hall–Kier alpha value is -2.04. The summed E-state index contributed by atoms with van der Waals surface area (Å²) in [6.45, 7) is 10.8. The van der Waals surface area contributed by atoms with Crippen molar-refractivity contribution in [1.82, 2.24) is 4.90 Å². The Balaban J connectivity index is 2.01. The summed E-state index contributed by atoms with van der Waals surface area (Å²) in [6.07, 6.45) is -0.430. The Labute approximate surface area is 138 Å². The highest BCUT2D eigenvalue weighted by Gasteiger charge is 2.30. The average molecular weight is 318 g/mol. The number of piperazine rings is 1. The molecule has 2 amide bonds. The third kappa shape index (κ3) is 4.47. The topological polar surface area (TPSA) is 49.9 Å². The third-order valence-electron chi connectivity index (χ3n) is 3.74. The number of hydrogen-bond acceptors (Lipinski definition) is 3. The van der Waals surface area contributed by atoms with E-state index in [2.05, 4.69) is 13.8 Å². The van der Waals surface area contributed by atoms with Crippen molar-refractivity contribution < 1.29 is 14.3 Å². The van der Waals surface area contributed by atoms with Crippen LogP contribution < -0.4 is 4.90 Å². The van der Waals surface area contributed by atoms with Gasteiger partial charge in [0.25, 0.3) is 0 Å². The molecule has 0 saturated carbocycles. The van der Waals surface area contributed by atoms with Gasteiger partial charge in [0, 0.05) is 18.8 Å². The first-order valence-corrected chi connectivity index (χ1v) is 8.05. The van der Waals surface area contributed by atoms with Crippen molar-refractivity contribution in [3.8, 4) is 0 Å². The third-order valence-corrected chi connectivity index (χ3v) is 3.74. The second-order valence-electron chi connectivity index (χ2n) is 7.19. The lowest BCUT2D eigenvalue weighted by Crippen LogP contribution is -2.53. The second-order valence-corrected chi connectivity index (χ2v) is 7.19. The van der Waals surface area contributed by atoms with Gasteiger partial charge in [-0.3, -0.25) is 9.69 Å². The number of ether oxygens (including phenoxy) is 1. The molecule has 0 radical (unpaired) electrons. The number of amides is 2. The summed E-state index contributed by atoms with van der Waals surface area (Å²) in [5.74, 6) is 0.378. The SMILES string of the molecule is CC(C)c1ccc(N2CCN(C(=O)OC(C)(C)C)CC2=O)cc1. The van der Waals surface area contributed by atoms with Gasteiger partial charge < -0.3 is 9.64 Å². The second kappa shape index (κ2) is 6.60. The van der Waals surface area contributed by atoms with Crippen LogP contribution in [-0.2, 0) is 9.53 Å². The molecule has 5 heteroatoms. The zero-order valence-electron chi connectivity index (χ0n) is 14.6. The molecule has 1 aromatic carbocycles. The predicted octanol–water partition coefficient (Wildman–Crippen LogP) is 3.39. The van der Waals surface area contributed by atoms with Crippen LogP contribution in [0, 0.1) is 0 Å². The first-order chi connectivity index (χ1) is 10.7. The molecule has 0 N–H and O–H groups in total. The van der Waals surface area contributed by atoms with E-state index in [1.54, 1.807) is 4.90 Å². The molecule has 0 unspecified atom stereocenters. The lowest BCUT2D eigenvalue weighted by Gasteiger charge is -2.35. The van der Waals surface area contributed by atoms with Gasteiger partial charge in [-0.15, -0.1) is 0 Å². The van der Waals surface area contributed by atoms with Gasteiger partial charge in [-0.2, -0.15) is 0 Å². The predicted molar refractivity (Wildman–Crippen MR) is 90.7 cm³/mol. The van der Waals surface area contributed by atoms with Gasteiger partial charge in [0.15, 0.2) is 0 Å². The molecule has 1 aromatic rings. The van der Waals surface area contributed by atoms with E-state index >= 15 is 0 Å². The number of benzene rings is 1. The maximum atomic E-state index is 12.4. The average Bonchev–Trinajstić information content (AvgIpc) is 2.45. The molecular formula is C18H26N2O3. The van der Waals surface area contributed by atoms with Crippen molar-refractivity contribution in [3.05, 3.63) is 29.8 Å². The zero-order valence-corrected chi connectivity index (χ0v) is 14.6. The quantitative estimate of drug-likeness (QED) is 0.840. The molecule has 1 aliphatic heterocycles. The lowest BCUT2D eigenvalue weighted by atomic mass is 10.0. The molecule has 1 saturated heterocycles. The summed E-state index contributed by atoms with van der Waals surface area (Å²) >= 11 is 0. The fourth-order valence-electron chi connectivity index (χ4n) is 2.47. The number of anilines is 1. The van der Waals surface area contributed by atoms with E-state index in [0.717, 1.165) is 5.69 Å². The summed E-state index contributed by atoms with van der Waals surface area (Å²) in [6, 6.07) is 8.04. The summed E-state index contributed by atoms with van der Waals surface area (Å²) in [7, 11) is 0. The van der Waals surface area contributed by atoms with E-state index in [0.29, 0.717) is 19.0 Å². The Bertz CT molecular complexity index is 573. The molecule has 0 atom stereocenters. The van der Waals surface area contributed by atoms with E-state index in [9.17, 15) is 9.59 Å². The first-order valence-electron chi connectivity index (χ1n) is 8.05. The van der Waals surface area contributed by atoms with Crippen LogP contribution in [0.3, 0.4) is 0 Å². The fourth-order valence-corrected chi connectivity index (χ4v) is 2.47. The van der Waals surface area contributed by atoms with Crippen LogP contribution in [0.1, 0.15) is 46.1 Å². The minimum atomic E-state index is -0.552. The zero-order chi connectivity index (χ0) is 17.2. The normalized spacial score (nSPS) is 16.0.